The molecule has 0 aromatic heterocycles. The lowest BCUT2D eigenvalue weighted by Gasteiger charge is -2.21. The van der Waals surface area contributed by atoms with Gasteiger partial charge in [-0.25, -0.2) is 9.13 Å². The van der Waals surface area contributed by atoms with E-state index in [0.29, 0.717) is 25.7 Å². The predicted molar refractivity (Wildman–Crippen MR) is 354 cm³/mol. The molecular weight excluding hydrogens is 1160 g/mol. The summed E-state index contributed by atoms with van der Waals surface area (Å²) in [5.74, 6) is 0.134. The second kappa shape index (κ2) is 60.0. The van der Waals surface area contributed by atoms with Gasteiger partial charge in [-0.2, -0.15) is 0 Å². The highest BCUT2D eigenvalue weighted by atomic mass is 31.2. The Labute approximate surface area is 537 Å². The molecule has 0 aliphatic rings. The molecule has 0 fully saturated rings. The Kier molecular flexibility index (Phi) is 58.7. The minimum Gasteiger partial charge on any atom is -0.462 e. The largest absolute Gasteiger partial charge is 0.472 e. The topological polar surface area (TPSA) is 237 Å². The van der Waals surface area contributed by atoms with Crippen LogP contribution in [0.2, 0.25) is 0 Å². The number of carbonyl (C=O) groups is 4. The quantitative estimate of drug-likeness (QED) is 0.0222. The number of ether oxygens (including phenoxy) is 4. The van der Waals surface area contributed by atoms with Crippen LogP contribution in [-0.2, 0) is 65.4 Å². The van der Waals surface area contributed by atoms with Gasteiger partial charge in [0.15, 0.2) is 12.2 Å². The van der Waals surface area contributed by atoms with Gasteiger partial charge in [0.25, 0.3) is 0 Å². The number of esters is 4. The third-order valence-electron chi connectivity index (χ3n) is 16.2. The fourth-order valence-corrected chi connectivity index (χ4v) is 11.9. The van der Waals surface area contributed by atoms with Crippen molar-refractivity contribution in [1.29, 1.82) is 0 Å². The number of phosphoric acid groups is 2. The lowest BCUT2D eigenvalue weighted by atomic mass is 10.00. The van der Waals surface area contributed by atoms with Crippen molar-refractivity contribution in [3.8, 4) is 0 Å². The summed E-state index contributed by atoms with van der Waals surface area (Å²) < 4.78 is 68.1. The summed E-state index contributed by atoms with van der Waals surface area (Å²) in [5.41, 5.74) is 0. The molecule has 0 aliphatic carbocycles. The van der Waals surface area contributed by atoms with Crippen LogP contribution in [0.5, 0.6) is 0 Å². The molecule has 522 valence electrons. The SMILES string of the molecule is CCCCCCCCCCC(=O)OC[C@H](COP(=O)(O)OC[C@H](O)COP(=O)(O)OC[C@@H](COC(=O)CCCCCCCCCCCC(C)C)OC(=O)CCCCCCCCCCCCCCCCCC(C)C)OC(=O)CCCCCCCCC(C)CC. The summed E-state index contributed by atoms with van der Waals surface area (Å²) in [4.78, 5) is 72.4. The molecule has 0 radical (unpaired) electrons. The maximum absolute atomic E-state index is 13.0. The third-order valence-corrected chi connectivity index (χ3v) is 18.1. The monoisotopic (exact) mass is 1300 g/mol. The summed E-state index contributed by atoms with van der Waals surface area (Å²) in [5, 5.41) is 10.6. The molecule has 0 aromatic carbocycles. The van der Waals surface area contributed by atoms with Crippen LogP contribution in [0.3, 0.4) is 0 Å². The fraction of sp³-hybridized carbons (Fsp3) is 0.942. The maximum atomic E-state index is 13.0. The van der Waals surface area contributed by atoms with Crippen molar-refractivity contribution >= 4 is 39.5 Å². The highest BCUT2D eigenvalue weighted by Crippen LogP contribution is 2.45. The molecule has 0 amide bonds. The standard InChI is InChI=1S/C69H134O17P2/c1-8-10-11-12-13-28-36-43-50-66(71)79-57-65(86-69(74)53-46-39-32-31-35-42-49-62(7)9-2)59-84-88(77,78)82-55-63(70)54-81-87(75,76)83-58-64(56-80-67(72)51-44-37-29-25-21-23-27-34-41-48-61(5)6)85-68(73)52-45-38-30-24-20-18-16-14-15-17-19-22-26-33-40-47-60(3)4/h60-65,70H,8-59H2,1-7H3,(H,75,76)(H,77,78)/t62?,63-,64-,65-/m1/s1. The van der Waals surface area contributed by atoms with E-state index in [2.05, 4.69) is 48.5 Å². The second-order valence-electron chi connectivity index (χ2n) is 26.1. The van der Waals surface area contributed by atoms with E-state index in [-0.39, 0.29) is 25.7 Å². The first-order valence-electron chi connectivity index (χ1n) is 35.9. The van der Waals surface area contributed by atoms with Crippen molar-refractivity contribution in [3.63, 3.8) is 0 Å². The van der Waals surface area contributed by atoms with E-state index < -0.39 is 97.5 Å². The summed E-state index contributed by atoms with van der Waals surface area (Å²) in [6, 6.07) is 0. The van der Waals surface area contributed by atoms with Gasteiger partial charge < -0.3 is 33.8 Å². The van der Waals surface area contributed by atoms with Gasteiger partial charge in [0.1, 0.15) is 19.3 Å². The normalized spacial score (nSPS) is 14.5. The average molecular weight is 1300 g/mol. The lowest BCUT2D eigenvalue weighted by molar-refractivity contribution is -0.161. The first-order chi connectivity index (χ1) is 42.3. The second-order valence-corrected chi connectivity index (χ2v) is 29.0. The van der Waals surface area contributed by atoms with Crippen LogP contribution in [0, 0.1) is 17.8 Å². The fourth-order valence-electron chi connectivity index (χ4n) is 10.3. The van der Waals surface area contributed by atoms with Crippen molar-refractivity contribution in [2.24, 2.45) is 17.8 Å². The number of carbonyl (C=O) groups excluding carboxylic acids is 4. The maximum Gasteiger partial charge on any atom is 0.472 e. The lowest BCUT2D eigenvalue weighted by Crippen LogP contribution is -2.30. The molecule has 19 heteroatoms. The van der Waals surface area contributed by atoms with E-state index in [1.807, 2.05) is 0 Å². The minimum absolute atomic E-state index is 0.102. The third kappa shape index (κ3) is 61.6. The van der Waals surface area contributed by atoms with E-state index in [9.17, 15) is 43.2 Å². The molecule has 0 bridgehead atoms. The molecule has 0 spiro atoms. The van der Waals surface area contributed by atoms with Crippen molar-refractivity contribution in [3.05, 3.63) is 0 Å². The van der Waals surface area contributed by atoms with Crippen LogP contribution in [0.4, 0.5) is 0 Å². The molecule has 3 N–H and O–H groups in total. The Hall–Kier alpha value is -1.94. The van der Waals surface area contributed by atoms with Crippen LogP contribution in [0.25, 0.3) is 0 Å². The molecule has 6 atom stereocenters. The van der Waals surface area contributed by atoms with Crippen LogP contribution in [-0.4, -0.2) is 96.7 Å². The predicted octanol–water partition coefficient (Wildman–Crippen LogP) is 19.5. The van der Waals surface area contributed by atoms with E-state index in [1.54, 1.807) is 0 Å². The molecule has 0 heterocycles. The molecule has 0 aliphatic heterocycles. The Morgan fingerprint density at radius 3 is 0.864 bits per heavy atom. The molecule has 3 unspecified atom stereocenters. The van der Waals surface area contributed by atoms with Gasteiger partial charge in [0, 0.05) is 25.7 Å². The van der Waals surface area contributed by atoms with Gasteiger partial charge in [0.2, 0.25) is 0 Å². The first kappa shape index (κ1) is 86.1. The van der Waals surface area contributed by atoms with Crippen molar-refractivity contribution < 1.29 is 80.2 Å². The van der Waals surface area contributed by atoms with Gasteiger partial charge in [0.05, 0.1) is 26.4 Å². The summed E-state index contributed by atoms with van der Waals surface area (Å²) in [6.07, 6.45) is 43.2. The molecule has 17 nitrogen and oxygen atoms in total. The number of hydrogen-bond acceptors (Lipinski definition) is 15. The summed E-state index contributed by atoms with van der Waals surface area (Å²) in [6.45, 7) is 11.8. The highest BCUT2D eigenvalue weighted by molar-refractivity contribution is 7.47. The zero-order valence-electron chi connectivity index (χ0n) is 57.2. The van der Waals surface area contributed by atoms with Crippen molar-refractivity contribution in [2.45, 2.75) is 362 Å². The Bertz CT molecular complexity index is 1730. The molecular formula is C69H134O17P2. The molecule has 88 heavy (non-hydrogen) atoms. The first-order valence-corrected chi connectivity index (χ1v) is 38.9. The number of hydrogen-bond donors (Lipinski definition) is 3. The highest BCUT2D eigenvalue weighted by Gasteiger charge is 2.30. The Balaban J connectivity index is 5.21. The zero-order chi connectivity index (χ0) is 65.2. The van der Waals surface area contributed by atoms with E-state index in [1.165, 1.54) is 148 Å². The molecule has 0 saturated heterocycles. The van der Waals surface area contributed by atoms with Crippen molar-refractivity contribution in [2.75, 3.05) is 39.6 Å². The van der Waals surface area contributed by atoms with E-state index in [0.717, 1.165) is 114 Å². The molecule has 0 aromatic rings. The molecule has 0 rings (SSSR count). The summed E-state index contributed by atoms with van der Waals surface area (Å²) >= 11 is 0. The van der Waals surface area contributed by atoms with Gasteiger partial charge in [-0.15, -0.1) is 0 Å². The number of unbranched alkanes of at least 4 members (excludes halogenated alkanes) is 34. The minimum atomic E-state index is -4.95. The average Bonchev–Trinajstić information content (AvgIpc) is 3.70. The van der Waals surface area contributed by atoms with Gasteiger partial charge in [-0.3, -0.25) is 37.3 Å². The van der Waals surface area contributed by atoms with Gasteiger partial charge in [-0.05, 0) is 43.4 Å². The van der Waals surface area contributed by atoms with Gasteiger partial charge in [-0.1, -0.05) is 292 Å². The number of aliphatic hydroxyl groups excluding tert-OH is 1. The van der Waals surface area contributed by atoms with Crippen molar-refractivity contribution in [1.82, 2.24) is 0 Å². The zero-order valence-corrected chi connectivity index (χ0v) is 59.0. The smallest absolute Gasteiger partial charge is 0.462 e. The van der Waals surface area contributed by atoms with Crippen LogP contribution >= 0.6 is 15.6 Å². The van der Waals surface area contributed by atoms with Crippen LogP contribution in [0.1, 0.15) is 344 Å². The van der Waals surface area contributed by atoms with Gasteiger partial charge >= 0.3 is 39.5 Å². The van der Waals surface area contributed by atoms with Crippen LogP contribution < -0.4 is 0 Å². The van der Waals surface area contributed by atoms with E-state index >= 15 is 0 Å². The number of rotatable bonds is 67. The number of aliphatic hydroxyl groups is 1. The van der Waals surface area contributed by atoms with E-state index in [4.69, 9.17) is 37.0 Å². The number of phosphoric ester groups is 2. The summed E-state index contributed by atoms with van der Waals surface area (Å²) in [7, 11) is -9.89. The Morgan fingerprint density at radius 1 is 0.330 bits per heavy atom. The molecule has 0 saturated carbocycles. The Morgan fingerprint density at radius 2 is 0.580 bits per heavy atom. The van der Waals surface area contributed by atoms with Crippen LogP contribution in [0.15, 0.2) is 0 Å².